The summed E-state index contributed by atoms with van der Waals surface area (Å²) in [6.45, 7) is 0. The van der Waals surface area contributed by atoms with Crippen molar-refractivity contribution in [1.82, 2.24) is 4.98 Å². The molecule has 0 bridgehead atoms. The Balaban J connectivity index is 1.54. The highest BCUT2D eigenvalue weighted by Crippen LogP contribution is 2.39. The summed E-state index contributed by atoms with van der Waals surface area (Å²) in [6, 6.07) is 13.3. The van der Waals surface area contributed by atoms with Gasteiger partial charge >= 0.3 is 0 Å². The number of anilines is 1. The first kappa shape index (κ1) is 24.0. The fourth-order valence-electron chi connectivity index (χ4n) is 3.49. The number of rotatable bonds is 8. The third kappa shape index (κ3) is 5.20. The number of fused-ring (bicyclic) bond motifs is 1. The molecule has 180 valence electrons. The van der Waals surface area contributed by atoms with Crippen LogP contribution in [0.4, 0.5) is 10.1 Å². The van der Waals surface area contributed by atoms with E-state index in [1.807, 2.05) is 6.07 Å². The molecule has 4 aromatic rings. The minimum atomic E-state index is -0.347. The Bertz CT molecular complexity index is 1390. The summed E-state index contributed by atoms with van der Waals surface area (Å²) in [4.78, 5) is 17.2. The molecule has 1 heterocycles. The van der Waals surface area contributed by atoms with Crippen LogP contribution in [-0.4, -0.2) is 39.3 Å². The van der Waals surface area contributed by atoms with Gasteiger partial charge in [-0.05, 0) is 60.2 Å². The molecule has 1 amide bonds. The molecule has 0 unspecified atom stereocenters. The predicted octanol–water partition coefficient (Wildman–Crippen LogP) is 5.79. The van der Waals surface area contributed by atoms with Crippen molar-refractivity contribution in [3.63, 3.8) is 0 Å². The second-order valence-electron chi connectivity index (χ2n) is 7.33. The molecule has 1 aromatic heterocycles. The van der Waals surface area contributed by atoms with Crippen LogP contribution in [0.25, 0.3) is 26.9 Å². The minimum absolute atomic E-state index is 0.303. The SMILES string of the molecule is COc1cc(-c2nc3ccc(F)cc3s2)ccc1NC(=O)/C=C/c1cc(OC)c(OC)c(OC)c1. The Morgan fingerprint density at radius 2 is 1.63 bits per heavy atom. The van der Waals surface area contributed by atoms with Crippen molar-refractivity contribution in [2.24, 2.45) is 0 Å². The first-order valence-electron chi connectivity index (χ1n) is 10.5. The lowest BCUT2D eigenvalue weighted by Crippen LogP contribution is -2.09. The van der Waals surface area contributed by atoms with Crippen molar-refractivity contribution >= 4 is 39.2 Å². The van der Waals surface area contributed by atoms with Crippen LogP contribution < -0.4 is 24.3 Å². The van der Waals surface area contributed by atoms with E-state index in [1.54, 1.807) is 36.4 Å². The summed E-state index contributed by atoms with van der Waals surface area (Å²) in [5.74, 6) is 1.27. The summed E-state index contributed by atoms with van der Waals surface area (Å²) in [5.41, 5.74) is 2.72. The van der Waals surface area contributed by atoms with Gasteiger partial charge in [0.1, 0.15) is 16.6 Å². The van der Waals surface area contributed by atoms with Gasteiger partial charge in [0.15, 0.2) is 11.5 Å². The van der Waals surface area contributed by atoms with Crippen LogP contribution in [0.2, 0.25) is 0 Å². The third-order valence-corrected chi connectivity index (χ3v) is 6.24. The van der Waals surface area contributed by atoms with Crippen LogP contribution in [0.1, 0.15) is 5.56 Å². The number of methoxy groups -OCH3 is 4. The molecule has 0 atom stereocenters. The molecule has 3 aromatic carbocycles. The highest BCUT2D eigenvalue weighted by atomic mass is 32.1. The van der Waals surface area contributed by atoms with Gasteiger partial charge in [0.25, 0.3) is 0 Å². The molecule has 1 N–H and O–H groups in total. The molecule has 0 radical (unpaired) electrons. The van der Waals surface area contributed by atoms with Crippen molar-refractivity contribution in [2.75, 3.05) is 33.8 Å². The van der Waals surface area contributed by atoms with Gasteiger partial charge in [0, 0.05) is 11.6 Å². The number of amides is 1. The Labute approximate surface area is 205 Å². The molecule has 9 heteroatoms. The largest absolute Gasteiger partial charge is 0.495 e. The van der Waals surface area contributed by atoms with Crippen LogP contribution in [0.3, 0.4) is 0 Å². The van der Waals surface area contributed by atoms with Gasteiger partial charge < -0.3 is 24.3 Å². The van der Waals surface area contributed by atoms with Crippen molar-refractivity contribution in [3.8, 4) is 33.6 Å². The summed E-state index contributed by atoms with van der Waals surface area (Å²) < 4.78 is 35.8. The Kier molecular flexibility index (Phi) is 7.17. The second-order valence-corrected chi connectivity index (χ2v) is 8.36. The van der Waals surface area contributed by atoms with E-state index in [1.165, 1.54) is 58.0 Å². The molecule has 0 spiro atoms. The zero-order valence-electron chi connectivity index (χ0n) is 19.5. The van der Waals surface area contributed by atoms with E-state index in [2.05, 4.69) is 10.3 Å². The van der Waals surface area contributed by atoms with Crippen LogP contribution in [0.5, 0.6) is 23.0 Å². The van der Waals surface area contributed by atoms with Gasteiger partial charge in [-0.15, -0.1) is 11.3 Å². The van der Waals surface area contributed by atoms with Gasteiger partial charge in [-0.1, -0.05) is 0 Å². The number of nitrogens with one attached hydrogen (secondary N) is 1. The van der Waals surface area contributed by atoms with Crippen LogP contribution >= 0.6 is 11.3 Å². The molecule has 0 saturated carbocycles. The number of carbonyl (C=O) groups is 1. The maximum absolute atomic E-state index is 13.5. The van der Waals surface area contributed by atoms with Crippen molar-refractivity contribution in [2.45, 2.75) is 0 Å². The number of halogens is 1. The maximum Gasteiger partial charge on any atom is 0.248 e. The Morgan fingerprint density at radius 3 is 2.29 bits per heavy atom. The lowest BCUT2D eigenvalue weighted by molar-refractivity contribution is -0.111. The zero-order valence-corrected chi connectivity index (χ0v) is 20.4. The number of nitrogens with zero attached hydrogens (tertiary/aromatic N) is 1. The maximum atomic E-state index is 13.5. The van der Waals surface area contributed by atoms with Crippen LogP contribution in [-0.2, 0) is 4.79 Å². The molecule has 7 nitrogen and oxygen atoms in total. The Hall–Kier alpha value is -4.11. The second kappa shape index (κ2) is 10.4. The molecular weight excluding hydrogens is 471 g/mol. The van der Waals surface area contributed by atoms with E-state index in [-0.39, 0.29) is 11.7 Å². The fraction of sp³-hybridized carbons (Fsp3) is 0.154. The molecule has 0 aliphatic rings. The number of thiazole rings is 1. The van der Waals surface area contributed by atoms with Crippen molar-refractivity contribution in [3.05, 3.63) is 66.0 Å². The molecule has 0 saturated heterocycles. The predicted molar refractivity (Wildman–Crippen MR) is 135 cm³/mol. The van der Waals surface area contributed by atoms with E-state index in [9.17, 15) is 9.18 Å². The lowest BCUT2D eigenvalue weighted by atomic mass is 10.1. The van der Waals surface area contributed by atoms with E-state index < -0.39 is 0 Å². The number of ether oxygens (including phenoxy) is 4. The van der Waals surface area contributed by atoms with Crippen LogP contribution in [0.15, 0.2) is 54.6 Å². The van der Waals surface area contributed by atoms with Gasteiger partial charge in [0.05, 0.1) is 44.3 Å². The van der Waals surface area contributed by atoms with E-state index in [4.69, 9.17) is 18.9 Å². The molecule has 4 rings (SSSR count). The quantitative estimate of drug-likeness (QED) is 0.313. The summed E-state index contributed by atoms with van der Waals surface area (Å²) in [6.07, 6.45) is 3.04. The highest BCUT2D eigenvalue weighted by molar-refractivity contribution is 7.21. The summed E-state index contributed by atoms with van der Waals surface area (Å²) in [5, 5.41) is 3.55. The van der Waals surface area contributed by atoms with E-state index >= 15 is 0 Å². The normalized spacial score (nSPS) is 11.0. The molecule has 35 heavy (non-hydrogen) atoms. The number of hydrogen-bond acceptors (Lipinski definition) is 7. The van der Waals surface area contributed by atoms with Gasteiger partial charge in [-0.2, -0.15) is 0 Å². The molecular formula is C26H23FN2O5S. The minimum Gasteiger partial charge on any atom is -0.495 e. The van der Waals surface area contributed by atoms with E-state index in [0.717, 1.165) is 20.8 Å². The lowest BCUT2D eigenvalue weighted by Gasteiger charge is -2.13. The van der Waals surface area contributed by atoms with Crippen LogP contribution in [0, 0.1) is 5.82 Å². The zero-order chi connectivity index (χ0) is 24.9. The van der Waals surface area contributed by atoms with Crippen molar-refractivity contribution in [1.29, 1.82) is 0 Å². The summed E-state index contributed by atoms with van der Waals surface area (Å²) >= 11 is 1.38. The molecule has 0 aliphatic carbocycles. The Morgan fingerprint density at radius 1 is 0.914 bits per heavy atom. The third-order valence-electron chi connectivity index (χ3n) is 5.17. The number of aromatic nitrogens is 1. The standard InChI is InChI=1S/C26H23FN2O5S/c1-31-20-13-16(26-29-19-9-7-17(27)14-23(19)35-26)6-8-18(20)28-24(30)10-5-15-11-21(32-2)25(34-4)22(12-15)33-3/h5-14H,1-4H3,(H,28,30)/b10-5+. The smallest absolute Gasteiger partial charge is 0.248 e. The van der Waals surface area contributed by atoms with Gasteiger partial charge in [0.2, 0.25) is 11.7 Å². The topological polar surface area (TPSA) is 78.9 Å². The first-order chi connectivity index (χ1) is 16.9. The monoisotopic (exact) mass is 494 g/mol. The average Bonchev–Trinajstić information content (AvgIpc) is 3.30. The number of hydrogen-bond donors (Lipinski definition) is 1. The summed E-state index contributed by atoms with van der Waals surface area (Å²) in [7, 11) is 6.10. The number of carbonyl (C=O) groups excluding carboxylic acids is 1. The highest BCUT2D eigenvalue weighted by Gasteiger charge is 2.14. The first-order valence-corrected chi connectivity index (χ1v) is 11.3. The van der Waals surface area contributed by atoms with Crippen molar-refractivity contribution < 1.29 is 28.1 Å². The van der Waals surface area contributed by atoms with Gasteiger partial charge in [-0.3, -0.25) is 4.79 Å². The molecule has 0 fully saturated rings. The average molecular weight is 495 g/mol. The fourth-order valence-corrected chi connectivity index (χ4v) is 4.48. The molecule has 0 aliphatic heterocycles. The number of benzene rings is 3. The van der Waals surface area contributed by atoms with E-state index in [0.29, 0.717) is 34.2 Å². The van der Waals surface area contributed by atoms with Gasteiger partial charge in [-0.25, -0.2) is 9.37 Å².